The third-order valence-corrected chi connectivity index (χ3v) is 5.85. The van der Waals surface area contributed by atoms with Crippen molar-refractivity contribution in [3.8, 4) is 0 Å². The van der Waals surface area contributed by atoms with Gasteiger partial charge in [0, 0.05) is 38.6 Å². The number of carbonyl (C=O) groups is 2. The van der Waals surface area contributed by atoms with Crippen molar-refractivity contribution in [2.45, 2.75) is 25.9 Å². The third-order valence-electron chi connectivity index (χ3n) is 5.85. The molecule has 2 aliphatic rings. The lowest BCUT2D eigenvalue weighted by molar-refractivity contribution is -0.142. The van der Waals surface area contributed by atoms with Crippen LogP contribution in [0.2, 0.25) is 0 Å². The van der Waals surface area contributed by atoms with E-state index in [2.05, 4.69) is 4.90 Å². The van der Waals surface area contributed by atoms with Crippen LogP contribution in [0.15, 0.2) is 53.1 Å². The first-order valence-corrected chi connectivity index (χ1v) is 11.1. The van der Waals surface area contributed by atoms with E-state index >= 15 is 0 Å². The predicted molar refractivity (Wildman–Crippen MR) is 116 cm³/mol. The molecule has 7 heteroatoms. The van der Waals surface area contributed by atoms with E-state index in [-0.39, 0.29) is 24.3 Å². The summed E-state index contributed by atoms with van der Waals surface area (Å²) in [7, 11) is 0. The number of nitrogens with zero attached hydrogens (tertiary/aromatic N) is 3. The van der Waals surface area contributed by atoms with Crippen molar-refractivity contribution < 1.29 is 18.7 Å². The lowest BCUT2D eigenvalue weighted by Gasteiger charge is -2.31. The molecule has 0 radical (unpaired) electrons. The topological polar surface area (TPSA) is 66.2 Å². The molecule has 2 amide bonds. The minimum Gasteiger partial charge on any atom is -0.467 e. The van der Waals surface area contributed by atoms with Crippen molar-refractivity contribution in [3.05, 3.63) is 60.1 Å². The number of carbonyl (C=O) groups excluding carboxylic acids is 2. The van der Waals surface area contributed by atoms with Crippen LogP contribution in [0.4, 0.5) is 0 Å². The molecule has 0 atom stereocenters. The fraction of sp³-hybridized carbons (Fsp3) is 0.500. The summed E-state index contributed by atoms with van der Waals surface area (Å²) in [6.07, 6.45) is 3.48. The maximum absolute atomic E-state index is 13.3. The van der Waals surface area contributed by atoms with Gasteiger partial charge in [-0.25, -0.2) is 0 Å². The Labute approximate surface area is 183 Å². The number of furan rings is 1. The highest BCUT2D eigenvalue weighted by molar-refractivity contribution is 5.87. The van der Waals surface area contributed by atoms with Gasteiger partial charge in [-0.15, -0.1) is 0 Å². The fourth-order valence-electron chi connectivity index (χ4n) is 3.83. The zero-order chi connectivity index (χ0) is 21.5. The zero-order valence-corrected chi connectivity index (χ0v) is 17.9. The minimum absolute atomic E-state index is 0.0590. The Morgan fingerprint density at radius 2 is 1.74 bits per heavy atom. The van der Waals surface area contributed by atoms with Crippen molar-refractivity contribution in [1.82, 2.24) is 14.7 Å². The Kier molecular flexibility index (Phi) is 7.38. The van der Waals surface area contributed by atoms with Crippen LogP contribution < -0.4 is 0 Å². The number of ether oxygens (including phenoxy) is 1. The first-order valence-electron chi connectivity index (χ1n) is 11.1. The number of amides is 2. The average molecular weight is 426 g/mol. The maximum atomic E-state index is 13.3. The Morgan fingerprint density at radius 1 is 0.968 bits per heavy atom. The van der Waals surface area contributed by atoms with E-state index in [1.807, 2.05) is 42.5 Å². The van der Waals surface area contributed by atoms with Gasteiger partial charge in [0.1, 0.15) is 5.76 Å². The van der Waals surface area contributed by atoms with Gasteiger partial charge < -0.3 is 19.0 Å². The zero-order valence-electron chi connectivity index (χ0n) is 17.9. The Bertz CT molecular complexity index is 830. The lowest BCUT2D eigenvalue weighted by atomic mass is 10.2. The molecule has 1 saturated carbocycles. The second-order valence-corrected chi connectivity index (χ2v) is 8.30. The molecule has 2 aromatic rings. The van der Waals surface area contributed by atoms with Gasteiger partial charge >= 0.3 is 0 Å². The highest BCUT2D eigenvalue weighted by atomic mass is 16.5. The second kappa shape index (κ2) is 10.6. The molecule has 1 saturated heterocycles. The molecule has 166 valence electrons. The highest BCUT2D eigenvalue weighted by Crippen LogP contribution is 2.31. The Morgan fingerprint density at radius 3 is 2.42 bits per heavy atom. The molecule has 0 bridgehead atoms. The molecule has 1 aromatic carbocycles. The summed E-state index contributed by atoms with van der Waals surface area (Å²) in [6, 6.07) is 13.6. The van der Waals surface area contributed by atoms with Gasteiger partial charge in [-0.1, -0.05) is 30.3 Å². The molecule has 1 aliphatic heterocycles. The third kappa shape index (κ3) is 6.42. The molecule has 2 heterocycles. The summed E-state index contributed by atoms with van der Waals surface area (Å²) >= 11 is 0. The fourth-order valence-corrected chi connectivity index (χ4v) is 3.83. The van der Waals surface area contributed by atoms with E-state index in [0.717, 1.165) is 57.0 Å². The molecule has 1 aromatic heterocycles. The first kappa shape index (κ1) is 21.6. The van der Waals surface area contributed by atoms with Crippen LogP contribution in [-0.4, -0.2) is 72.5 Å². The monoisotopic (exact) mass is 425 g/mol. The molecule has 0 N–H and O–H groups in total. The minimum atomic E-state index is -0.0590. The van der Waals surface area contributed by atoms with Crippen molar-refractivity contribution in [1.29, 1.82) is 0 Å². The summed E-state index contributed by atoms with van der Waals surface area (Å²) < 4.78 is 10.9. The number of hydrogen-bond donors (Lipinski definition) is 0. The maximum Gasteiger partial charge on any atom is 0.242 e. The van der Waals surface area contributed by atoms with Crippen LogP contribution in [0.25, 0.3) is 0 Å². The molecule has 0 spiro atoms. The summed E-state index contributed by atoms with van der Waals surface area (Å²) in [6.45, 7) is 5.51. The summed E-state index contributed by atoms with van der Waals surface area (Å²) in [5, 5.41) is 0. The Hall–Kier alpha value is -2.64. The average Bonchev–Trinajstić information content (AvgIpc) is 3.53. The van der Waals surface area contributed by atoms with E-state index in [0.29, 0.717) is 19.6 Å². The Balaban J connectivity index is 1.42. The quantitative estimate of drug-likeness (QED) is 0.585. The van der Waals surface area contributed by atoms with Gasteiger partial charge in [-0.3, -0.25) is 14.5 Å². The lowest BCUT2D eigenvalue weighted by Crippen LogP contribution is -2.47. The van der Waals surface area contributed by atoms with Gasteiger partial charge in [0.05, 0.1) is 32.6 Å². The predicted octanol–water partition coefficient (Wildman–Crippen LogP) is 2.38. The van der Waals surface area contributed by atoms with E-state index < -0.39 is 0 Å². The number of rotatable bonds is 10. The van der Waals surface area contributed by atoms with Crippen molar-refractivity contribution in [2.75, 3.05) is 45.9 Å². The van der Waals surface area contributed by atoms with Gasteiger partial charge in [0.15, 0.2) is 0 Å². The van der Waals surface area contributed by atoms with Crippen molar-refractivity contribution >= 4 is 11.8 Å². The van der Waals surface area contributed by atoms with E-state index in [1.54, 1.807) is 16.1 Å². The van der Waals surface area contributed by atoms with Crippen LogP contribution in [0.1, 0.15) is 24.2 Å². The van der Waals surface area contributed by atoms with Crippen LogP contribution in [0.5, 0.6) is 0 Å². The molecule has 31 heavy (non-hydrogen) atoms. The van der Waals surface area contributed by atoms with Crippen molar-refractivity contribution in [3.63, 3.8) is 0 Å². The van der Waals surface area contributed by atoms with Gasteiger partial charge in [0.2, 0.25) is 11.8 Å². The summed E-state index contributed by atoms with van der Waals surface area (Å²) in [5.41, 5.74) is 1.05. The highest BCUT2D eigenvalue weighted by Gasteiger charge is 2.35. The molecule has 7 nitrogen and oxygen atoms in total. The number of hydrogen-bond acceptors (Lipinski definition) is 5. The number of benzene rings is 1. The van der Waals surface area contributed by atoms with E-state index in [1.165, 1.54) is 0 Å². The van der Waals surface area contributed by atoms with Crippen LogP contribution >= 0.6 is 0 Å². The van der Waals surface area contributed by atoms with E-state index in [4.69, 9.17) is 9.15 Å². The molecular weight excluding hydrogens is 394 g/mol. The standard InChI is InChI=1S/C24H31N3O4/c28-23(27(18-22-7-4-14-31-22)17-20-5-2-1-3-6-20)19-26(24(29)21-8-9-21)11-10-25-12-15-30-16-13-25/h1-7,14,21H,8-13,15-19H2. The van der Waals surface area contributed by atoms with Crippen LogP contribution in [-0.2, 0) is 27.4 Å². The molecular formula is C24H31N3O4. The SMILES string of the molecule is O=C(CN(CCN1CCOCC1)C(=O)C1CC1)N(Cc1ccccc1)Cc1ccco1. The molecule has 0 unspecified atom stereocenters. The molecule has 2 fully saturated rings. The van der Waals surface area contributed by atoms with Gasteiger partial charge in [-0.2, -0.15) is 0 Å². The number of morpholine rings is 1. The van der Waals surface area contributed by atoms with Crippen molar-refractivity contribution in [2.24, 2.45) is 5.92 Å². The van der Waals surface area contributed by atoms with Crippen LogP contribution in [0, 0.1) is 5.92 Å². The van der Waals surface area contributed by atoms with Gasteiger partial charge in [0.25, 0.3) is 0 Å². The largest absolute Gasteiger partial charge is 0.467 e. The van der Waals surface area contributed by atoms with Crippen LogP contribution in [0.3, 0.4) is 0 Å². The van der Waals surface area contributed by atoms with Gasteiger partial charge in [-0.05, 0) is 30.5 Å². The smallest absolute Gasteiger partial charge is 0.242 e. The second-order valence-electron chi connectivity index (χ2n) is 8.30. The summed E-state index contributed by atoms with van der Waals surface area (Å²) in [5.74, 6) is 0.873. The first-order chi connectivity index (χ1) is 15.2. The van der Waals surface area contributed by atoms with E-state index in [9.17, 15) is 9.59 Å². The molecule has 4 rings (SSSR count). The summed E-state index contributed by atoms with van der Waals surface area (Å²) in [4.78, 5) is 32.1. The molecule has 1 aliphatic carbocycles. The normalized spacial score (nSPS) is 16.8.